The van der Waals surface area contributed by atoms with Gasteiger partial charge in [0.05, 0.1) is 19.3 Å². The third-order valence-corrected chi connectivity index (χ3v) is 3.77. The van der Waals surface area contributed by atoms with E-state index in [4.69, 9.17) is 21.1 Å². The molecule has 124 valence electrons. The van der Waals surface area contributed by atoms with Crippen LogP contribution >= 0.6 is 24.0 Å². The minimum Gasteiger partial charge on any atom is -0.378 e. The van der Waals surface area contributed by atoms with Gasteiger partial charge in [0.15, 0.2) is 0 Å². The topological polar surface area (TPSA) is 59.6 Å². The van der Waals surface area contributed by atoms with E-state index in [-0.39, 0.29) is 36.5 Å². The van der Waals surface area contributed by atoms with Crippen LogP contribution in [0.2, 0.25) is 5.02 Å². The van der Waals surface area contributed by atoms with E-state index in [0.717, 1.165) is 5.56 Å². The Balaban J connectivity index is 0.00000242. The van der Waals surface area contributed by atoms with Crippen LogP contribution in [0.4, 0.5) is 0 Å². The predicted octanol–water partition coefficient (Wildman–Crippen LogP) is 1.94. The molecule has 1 amide bonds. The number of carbonyl (C=O) groups excluding carboxylic acids is 1. The number of hydrogen-bond acceptors (Lipinski definition) is 4. The normalized spacial score (nSPS) is 20.6. The molecule has 1 aromatic rings. The highest BCUT2D eigenvalue weighted by atomic mass is 35.5. The van der Waals surface area contributed by atoms with Gasteiger partial charge in [-0.25, -0.2) is 0 Å². The van der Waals surface area contributed by atoms with Gasteiger partial charge < -0.3 is 20.1 Å². The van der Waals surface area contributed by atoms with Crippen LogP contribution in [0.3, 0.4) is 0 Å². The highest BCUT2D eigenvalue weighted by molar-refractivity contribution is 6.30. The van der Waals surface area contributed by atoms with Gasteiger partial charge in [0.25, 0.3) is 0 Å². The van der Waals surface area contributed by atoms with E-state index in [1.807, 2.05) is 31.2 Å². The standard InChI is InChI=1S/C15H21ClN2O3.ClH/c1-10(18-15(19)13-9-21-8-7-17-13)14(20-2)11-3-5-12(16)6-4-11;/h3-6,10,13-14,17H,7-9H2,1-2H3,(H,18,19);1H. The first kappa shape index (κ1) is 19.2. The van der Waals surface area contributed by atoms with Crippen molar-refractivity contribution in [3.63, 3.8) is 0 Å². The van der Waals surface area contributed by atoms with Crippen molar-refractivity contribution in [1.29, 1.82) is 0 Å². The van der Waals surface area contributed by atoms with E-state index in [1.54, 1.807) is 7.11 Å². The average Bonchev–Trinajstić information content (AvgIpc) is 2.50. The van der Waals surface area contributed by atoms with Crippen molar-refractivity contribution < 1.29 is 14.3 Å². The van der Waals surface area contributed by atoms with Gasteiger partial charge in [0.1, 0.15) is 12.1 Å². The van der Waals surface area contributed by atoms with E-state index in [0.29, 0.717) is 24.8 Å². The van der Waals surface area contributed by atoms with Gasteiger partial charge in [-0.05, 0) is 24.6 Å². The van der Waals surface area contributed by atoms with Crippen molar-refractivity contribution in [3.8, 4) is 0 Å². The Bertz CT molecular complexity index is 464. The van der Waals surface area contributed by atoms with Gasteiger partial charge in [-0.3, -0.25) is 4.79 Å². The molecule has 22 heavy (non-hydrogen) atoms. The smallest absolute Gasteiger partial charge is 0.239 e. The lowest BCUT2D eigenvalue weighted by atomic mass is 10.0. The van der Waals surface area contributed by atoms with E-state index in [1.165, 1.54) is 0 Å². The Morgan fingerprint density at radius 2 is 2.14 bits per heavy atom. The second kappa shape index (κ2) is 9.33. The zero-order chi connectivity index (χ0) is 15.2. The third kappa shape index (κ3) is 5.11. The molecule has 0 aliphatic carbocycles. The van der Waals surface area contributed by atoms with Gasteiger partial charge in [-0.1, -0.05) is 23.7 Å². The summed E-state index contributed by atoms with van der Waals surface area (Å²) < 4.78 is 10.8. The maximum absolute atomic E-state index is 12.2. The molecular weight excluding hydrogens is 327 g/mol. The van der Waals surface area contributed by atoms with Crippen molar-refractivity contribution in [3.05, 3.63) is 34.9 Å². The van der Waals surface area contributed by atoms with Crippen LogP contribution in [0.1, 0.15) is 18.6 Å². The number of morpholine rings is 1. The van der Waals surface area contributed by atoms with Crippen LogP contribution in [0.5, 0.6) is 0 Å². The lowest BCUT2D eigenvalue weighted by molar-refractivity contribution is -0.127. The predicted molar refractivity (Wildman–Crippen MR) is 88.7 cm³/mol. The second-order valence-corrected chi connectivity index (χ2v) is 5.52. The molecule has 0 spiro atoms. The van der Waals surface area contributed by atoms with Crippen LogP contribution in [-0.4, -0.2) is 44.9 Å². The summed E-state index contributed by atoms with van der Waals surface area (Å²) in [5.74, 6) is -0.0711. The first-order valence-electron chi connectivity index (χ1n) is 7.01. The van der Waals surface area contributed by atoms with Crippen LogP contribution in [0.15, 0.2) is 24.3 Å². The fourth-order valence-electron chi connectivity index (χ4n) is 2.42. The zero-order valence-electron chi connectivity index (χ0n) is 12.7. The molecule has 1 aromatic carbocycles. The highest BCUT2D eigenvalue weighted by Crippen LogP contribution is 2.22. The van der Waals surface area contributed by atoms with Crippen molar-refractivity contribution in [2.24, 2.45) is 0 Å². The van der Waals surface area contributed by atoms with Gasteiger partial charge in [0.2, 0.25) is 5.91 Å². The fourth-order valence-corrected chi connectivity index (χ4v) is 2.54. The van der Waals surface area contributed by atoms with Crippen LogP contribution in [-0.2, 0) is 14.3 Å². The summed E-state index contributed by atoms with van der Waals surface area (Å²) in [4.78, 5) is 12.2. The van der Waals surface area contributed by atoms with Crippen LogP contribution < -0.4 is 10.6 Å². The number of rotatable bonds is 5. The molecule has 1 aliphatic heterocycles. The highest BCUT2D eigenvalue weighted by Gasteiger charge is 2.26. The van der Waals surface area contributed by atoms with E-state index in [9.17, 15) is 4.79 Å². The molecule has 2 N–H and O–H groups in total. The molecule has 0 aromatic heterocycles. The maximum atomic E-state index is 12.2. The van der Waals surface area contributed by atoms with Crippen LogP contribution in [0, 0.1) is 0 Å². The van der Waals surface area contributed by atoms with E-state index in [2.05, 4.69) is 10.6 Å². The summed E-state index contributed by atoms with van der Waals surface area (Å²) in [6, 6.07) is 6.97. The molecule has 1 aliphatic rings. The van der Waals surface area contributed by atoms with Crippen molar-refractivity contribution in [2.45, 2.75) is 25.1 Å². The minimum absolute atomic E-state index is 0. The number of amides is 1. The second-order valence-electron chi connectivity index (χ2n) is 5.09. The zero-order valence-corrected chi connectivity index (χ0v) is 14.2. The molecule has 1 fully saturated rings. The summed E-state index contributed by atoms with van der Waals surface area (Å²) in [6.07, 6.45) is -0.226. The number of carbonyl (C=O) groups is 1. The Morgan fingerprint density at radius 3 is 2.68 bits per heavy atom. The van der Waals surface area contributed by atoms with Crippen molar-refractivity contribution >= 4 is 29.9 Å². The molecule has 5 nitrogen and oxygen atoms in total. The molecule has 1 heterocycles. The summed E-state index contributed by atoms with van der Waals surface area (Å²) in [7, 11) is 1.63. The number of hydrogen-bond donors (Lipinski definition) is 2. The lowest BCUT2D eigenvalue weighted by Gasteiger charge is -2.28. The van der Waals surface area contributed by atoms with Gasteiger partial charge in [-0.15, -0.1) is 12.4 Å². The fraction of sp³-hybridized carbons (Fsp3) is 0.533. The van der Waals surface area contributed by atoms with Gasteiger partial charge in [0, 0.05) is 18.7 Å². The Morgan fingerprint density at radius 1 is 1.45 bits per heavy atom. The molecule has 3 unspecified atom stereocenters. The molecule has 3 atom stereocenters. The first-order valence-corrected chi connectivity index (χ1v) is 7.39. The summed E-state index contributed by atoms with van der Waals surface area (Å²) >= 11 is 5.89. The molecular formula is C15H22Cl2N2O3. The lowest BCUT2D eigenvalue weighted by Crippen LogP contribution is -2.53. The Hall–Kier alpha value is -0.850. The van der Waals surface area contributed by atoms with Gasteiger partial charge >= 0.3 is 0 Å². The SMILES string of the molecule is COC(c1ccc(Cl)cc1)C(C)NC(=O)C1COCCN1.Cl. The third-order valence-electron chi connectivity index (χ3n) is 3.51. The van der Waals surface area contributed by atoms with Crippen molar-refractivity contribution in [2.75, 3.05) is 26.9 Å². The largest absolute Gasteiger partial charge is 0.378 e. The van der Waals surface area contributed by atoms with Gasteiger partial charge in [-0.2, -0.15) is 0 Å². The number of halogens is 2. The number of benzene rings is 1. The molecule has 0 saturated carbocycles. The summed E-state index contributed by atoms with van der Waals surface area (Å²) in [6.45, 7) is 3.66. The quantitative estimate of drug-likeness (QED) is 0.853. The van der Waals surface area contributed by atoms with E-state index < -0.39 is 0 Å². The summed E-state index contributed by atoms with van der Waals surface area (Å²) in [5, 5.41) is 6.78. The molecule has 0 radical (unpaired) electrons. The number of ether oxygens (including phenoxy) is 2. The van der Waals surface area contributed by atoms with E-state index >= 15 is 0 Å². The minimum atomic E-state index is -0.302. The summed E-state index contributed by atoms with van der Waals surface area (Å²) in [5.41, 5.74) is 0.975. The maximum Gasteiger partial charge on any atom is 0.239 e. The van der Waals surface area contributed by atoms with Crippen LogP contribution in [0.25, 0.3) is 0 Å². The molecule has 0 bridgehead atoms. The molecule has 1 saturated heterocycles. The number of methoxy groups -OCH3 is 1. The Kier molecular flexibility index (Phi) is 8.14. The monoisotopic (exact) mass is 348 g/mol. The first-order chi connectivity index (χ1) is 10.1. The van der Waals surface area contributed by atoms with Crippen molar-refractivity contribution in [1.82, 2.24) is 10.6 Å². The molecule has 2 rings (SSSR count). The molecule has 7 heteroatoms. The Labute approximate surface area is 142 Å². The number of nitrogens with one attached hydrogen (secondary N) is 2. The average molecular weight is 349 g/mol.